The Morgan fingerprint density at radius 1 is 1.26 bits per heavy atom. The molecule has 19 heavy (non-hydrogen) atoms. The summed E-state index contributed by atoms with van der Waals surface area (Å²) in [5.74, 6) is -0.0921. The minimum absolute atomic E-state index is 0.0921. The Morgan fingerprint density at radius 2 is 1.95 bits per heavy atom. The van der Waals surface area contributed by atoms with E-state index in [-0.39, 0.29) is 5.91 Å². The van der Waals surface area contributed by atoms with Gasteiger partial charge in [0, 0.05) is 23.7 Å². The standard InChI is InChI=1S/C14H15N3OS/c1-17(13-7-8-16-9-12(13)15)14(18)10-3-5-11(19-2)6-4-10/h3-9H,15H2,1-2H3. The molecule has 98 valence electrons. The number of benzene rings is 1. The van der Waals surface area contributed by atoms with Crippen LogP contribution < -0.4 is 10.6 Å². The number of amides is 1. The first-order chi connectivity index (χ1) is 9.13. The zero-order chi connectivity index (χ0) is 13.8. The molecule has 1 aromatic heterocycles. The average molecular weight is 273 g/mol. The van der Waals surface area contributed by atoms with Gasteiger partial charge in [-0.3, -0.25) is 9.78 Å². The number of aromatic nitrogens is 1. The number of rotatable bonds is 3. The SMILES string of the molecule is CSc1ccc(C(=O)N(C)c2ccncc2N)cc1. The van der Waals surface area contributed by atoms with E-state index in [1.54, 1.807) is 31.1 Å². The van der Waals surface area contributed by atoms with Gasteiger partial charge in [0.25, 0.3) is 5.91 Å². The molecule has 0 spiro atoms. The normalized spacial score (nSPS) is 10.2. The Morgan fingerprint density at radius 3 is 2.53 bits per heavy atom. The van der Waals surface area contributed by atoms with Crippen LogP contribution in [0.15, 0.2) is 47.6 Å². The van der Waals surface area contributed by atoms with Crippen molar-refractivity contribution in [3.05, 3.63) is 48.3 Å². The summed E-state index contributed by atoms with van der Waals surface area (Å²) < 4.78 is 0. The summed E-state index contributed by atoms with van der Waals surface area (Å²) in [5, 5.41) is 0. The lowest BCUT2D eigenvalue weighted by Crippen LogP contribution is -2.27. The third-order valence-corrected chi connectivity index (χ3v) is 3.57. The maximum Gasteiger partial charge on any atom is 0.258 e. The highest BCUT2D eigenvalue weighted by Crippen LogP contribution is 2.22. The topological polar surface area (TPSA) is 59.2 Å². The van der Waals surface area contributed by atoms with Crippen LogP contribution in [0.1, 0.15) is 10.4 Å². The average Bonchev–Trinajstić information content (AvgIpc) is 2.46. The number of nitrogens with zero attached hydrogens (tertiary/aromatic N) is 2. The fourth-order valence-corrected chi connectivity index (χ4v) is 2.15. The van der Waals surface area contributed by atoms with Crippen LogP contribution in [0, 0.1) is 0 Å². The first-order valence-corrected chi connectivity index (χ1v) is 6.97. The Hall–Kier alpha value is -2.01. The molecule has 0 aliphatic rings. The van der Waals surface area contributed by atoms with Gasteiger partial charge in [-0.05, 0) is 36.6 Å². The summed E-state index contributed by atoms with van der Waals surface area (Å²) in [4.78, 5) is 18.9. The Kier molecular flexibility index (Phi) is 4.06. The third kappa shape index (κ3) is 2.88. The van der Waals surface area contributed by atoms with Crippen molar-refractivity contribution in [2.45, 2.75) is 4.90 Å². The predicted molar refractivity (Wildman–Crippen MR) is 79.6 cm³/mol. The van der Waals surface area contributed by atoms with E-state index >= 15 is 0 Å². The van der Waals surface area contributed by atoms with Gasteiger partial charge in [0.15, 0.2) is 0 Å². The summed E-state index contributed by atoms with van der Waals surface area (Å²) in [5.41, 5.74) is 7.61. The van der Waals surface area contributed by atoms with Gasteiger partial charge in [-0.25, -0.2) is 0 Å². The van der Waals surface area contributed by atoms with E-state index in [1.807, 2.05) is 30.5 Å². The van der Waals surface area contributed by atoms with Crippen molar-refractivity contribution in [1.82, 2.24) is 4.98 Å². The Bertz CT molecular complexity index is 583. The van der Waals surface area contributed by atoms with Crippen molar-refractivity contribution in [1.29, 1.82) is 0 Å². The van der Waals surface area contributed by atoms with Crippen molar-refractivity contribution in [3.63, 3.8) is 0 Å². The van der Waals surface area contributed by atoms with Crippen LogP contribution in [-0.4, -0.2) is 24.2 Å². The second-order valence-corrected chi connectivity index (χ2v) is 4.91. The van der Waals surface area contributed by atoms with Crippen LogP contribution in [0.3, 0.4) is 0 Å². The van der Waals surface area contributed by atoms with Crippen LogP contribution in [0.25, 0.3) is 0 Å². The molecule has 1 aromatic carbocycles. The molecular weight excluding hydrogens is 258 g/mol. The second kappa shape index (κ2) is 5.75. The van der Waals surface area contributed by atoms with Crippen molar-refractivity contribution < 1.29 is 4.79 Å². The van der Waals surface area contributed by atoms with Crippen LogP contribution in [-0.2, 0) is 0 Å². The van der Waals surface area contributed by atoms with E-state index in [0.29, 0.717) is 16.9 Å². The highest BCUT2D eigenvalue weighted by atomic mass is 32.2. The van der Waals surface area contributed by atoms with Gasteiger partial charge >= 0.3 is 0 Å². The monoisotopic (exact) mass is 273 g/mol. The first kappa shape index (κ1) is 13.4. The van der Waals surface area contributed by atoms with Crippen molar-refractivity contribution in [2.24, 2.45) is 0 Å². The van der Waals surface area contributed by atoms with Gasteiger partial charge < -0.3 is 10.6 Å². The zero-order valence-corrected chi connectivity index (χ0v) is 11.6. The number of hydrogen-bond acceptors (Lipinski definition) is 4. The summed E-state index contributed by atoms with van der Waals surface area (Å²) in [7, 11) is 1.70. The van der Waals surface area contributed by atoms with E-state index in [1.165, 1.54) is 11.1 Å². The minimum atomic E-state index is -0.0921. The first-order valence-electron chi connectivity index (χ1n) is 5.75. The van der Waals surface area contributed by atoms with Crippen LogP contribution >= 0.6 is 11.8 Å². The summed E-state index contributed by atoms with van der Waals surface area (Å²) in [6.45, 7) is 0. The van der Waals surface area contributed by atoms with E-state index in [4.69, 9.17) is 5.73 Å². The fourth-order valence-electron chi connectivity index (χ4n) is 1.74. The molecular formula is C14H15N3OS. The number of hydrogen-bond donors (Lipinski definition) is 1. The molecule has 0 aliphatic heterocycles. The fraction of sp³-hybridized carbons (Fsp3) is 0.143. The molecule has 5 heteroatoms. The lowest BCUT2D eigenvalue weighted by Gasteiger charge is -2.18. The number of nitrogen functional groups attached to an aromatic ring is 1. The number of thioether (sulfide) groups is 1. The van der Waals surface area contributed by atoms with Gasteiger partial charge in [0.05, 0.1) is 17.6 Å². The third-order valence-electron chi connectivity index (χ3n) is 2.83. The Labute approximate surface area is 116 Å². The minimum Gasteiger partial charge on any atom is -0.396 e. The highest BCUT2D eigenvalue weighted by Gasteiger charge is 2.15. The molecule has 0 bridgehead atoms. The number of nitrogens with two attached hydrogens (primary N) is 1. The molecule has 0 unspecified atom stereocenters. The summed E-state index contributed by atoms with van der Waals surface area (Å²) >= 11 is 1.64. The predicted octanol–water partition coefficient (Wildman–Crippen LogP) is 2.66. The Balaban J connectivity index is 2.26. The quantitative estimate of drug-likeness (QED) is 0.873. The van der Waals surface area contributed by atoms with Gasteiger partial charge in [-0.2, -0.15) is 0 Å². The highest BCUT2D eigenvalue weighted by molar-refractivity contribution is 7.98. The van der Waals surface area contributed by atoms with Gasteiger partial charge in [-0.15, -0.1) is 11.8 Å². The molecule has 0 fully saturated rings. The number of anilines is 2. The number of carbonyl (C=O) groups excluding carboxylic acids is 1. The smallest absolute Gasteiger partial charge is 0.258 e. The molecule has 0 saturated carbocycles. The van der Waals surface area contributed by atoms with Crippen LogP contribution in [0.2, 0.25) is 0 Å². The second-order valence-electron chi connectivity index (χ2n) is 4.03. The van der Waals surface area contributed by atoms with Crippen LogP contribution in [0.4, 0.5) is 11.4 Å². The number of carbonyl (C=O) groups is 1. The molecule has 2 N–H and O–H groups in total. The molecule has 0 saturated heterocycles. The van der Waals surface area contributed by atoms with E-state index in [9.17, 15) is 4.79 Å². The van der Waals surface area contributed by atoms with E-state index in [2.05, 4.69) is 4.98 Å². The van der Waals surface area contributed by atoms with E-state index < -0.39 is 0 Å². The summed E-state index contributed by atoms with van der Waals surface area (Å²) in [6, 6.07) is 9.23. The van der Waals surface area contributed by atoms with E-state index in [0.717, 1.165) is 4.90 Å². The molecule has 2 aromatic rings. The lowest BCUT2D eigenvalue weighted by atomic mass is 10.2. The molecule has 1 amide bonds. The zero-order valence-electron chi connectivity index (χ0n) is 10.8. The number of pyridine rings is 1. The molecule has 1 heterocycles. The lowest BCUT2D eigenvalue weighted by molar-refractivity contribution is 0.0993. The maximum absolute atomic E-state index is 12.3. The van der Waals surface area contributed by atoms with Gasteiger partial charge in [-0.1, -0.05) is 0 Å². The van der Waals surface area contributed by atoms with Crippen molar-refractivity contribution in [2.75, 3.05) is 23.9 Å². The molecule has 0 aliphatic carbocycles. The van der Waals surface area contributed by atoms with Gasteiger partial charge in [0.1, 0.15) is 0 Å². The van der Waals surface area contributed by atoms with Crippen molar-refractivity contribution in [3.8, 4) is 0 Å². The summed E-state index contributed by atoms with van der Waals surface area (Å²) in [6.07, 6.45) is 5.16. The van der Waals surface area contributed by atoms with Gasteiger partial charge in [0.2, 0.25) is 0 Å². The largest absolute Gasteiger partial charge is 0.396 e. The van der Waals surface area contributed by atoms with Crippen LogP contribution in [0.5, 0.6) is 0 Å². The molecule has 4 nitrogen and oxygen atoms in total. The van der Waals surface area contributed by atoms with Crippen molar-refractivity contribution >= 4 is 29.0 Å². The molecule has 2 rings (SSSR count). The molecule has 0 atom stereocenters. The maximum atomic E-state index is 12.3. The molecule has 0 radical (unpaired) electrons.